The summed E-state index contributed by atoms with van der Waals surface area (Å²) in [4.78, 5) is 22.5. The van der Waals surface area contributed by atoms with Crippen molar-refractivity contribution in [1.82, 2.24) is 14.5 Å². The van der Waals surface area contributed by atoms with E-state index in [9.17, 15) is 9.90 Å². The van der Waals surface area contributed by atoms with Gasteiger partial charge in [-0.1, -0.05) is 36.9 Å². The molecule has 31 heavy (non-hydrogen) atoms. The Morgan fingerprint density at radius 1 is 1.16 bits per heavy atom. The van der Waals surface area contributed by atoms with Crippen molar-refractivity contribution >= 4 is 27.8 Å². The second kappa shape index (κ2) is 8.06. The highest BCUT2D eigenvalue weighted by Gasteiger charge is 2.27. The number of aromatic nitrogens is 3. The number of aliphatic hydroxyl groups excluding tert-OH is 1. The lowest BCUT2D eigenvalue weighted by Gasteiger charge is -2.29. The number of hydrogen-bond donors (Lipinski definition) is 1. The molecular weight excluding hydrogens is 390 g/mol. The van der Waals surface area contributed by atoms with Crippen LogP contribution in [0.1, 0.15) is 29.3 Å². The fraction of sp³-hybridized carbons (Fsp3) is 0.240. The van der Waals surface area contributed by atoms with Crippen LogP contribution in [0.15, 0.2) is 66.4 Å². The first kappa shape index (κ1) is 19.6. The van der Waals surface area contributed by atoms with Gasteiger partial charge in [-0.25, -0.2) is 4.98 Å². The predicted molar refractivity (Wildman–Crippen MR) is 121 cm³/mol. The Hall–Kier alpha value is -3.35. The number of aliphatic hydroxyl groups is 1. The highest BCUT2D eigenvalue weighted by molar-refractivity contribution is 6.06. The summed E-state index contributed by atoms with van der Waals surface area (Å²) in [6.45, 7) is 4.49. The average Bonchev–Trinajstić information content (AvgIpc) is 2.81. The number of ether oxygens (including phenoxy) is 1. The molecule has 1 aliphatic heterocycles. The highest BCUT2D eigenvalue weighted by atomic mass is 16.5. The first-order valence-corrected chi connectivity index (χ1v) is 10.4. The molecule has 2 aromatic heterocycles. The molecule has 0 spiro atoms. The standard InChI is InChI=1S/C25H23N3O3/c1-2-18-8-7-16(13-26-18)11-17-12-21-24(20-6-4-3-5-19(17)20)27-15-28(25(21)30)22-9-10-31-14-23(22)29/h2-8,12-13,15,22-23,29H,1,9-11,14H2. The van der Waals surface area contributed by atoms with E-state index in [1.807, 2.05) is 42.6 Å². The number of benzene rings is 2. The summed E-state index contributed by atoms with van der Waals surface area (Å²) in [5.74, 6) is 0. The van der Waals surface area contributed by atoms with Gasteiger partial charge >= 0.3 is 0 Å². The van der Waals surface area contributed by atoms with Gasteiger partial charge in [-0.3, -0.25) is 14.3 Å². The molecule has 1 aliphatic rings. The first-order chi connectivity index (χ1) is 15.2. The van der Waals surface area contributed by atoms with E-state index in [0.717, 1.165) is 27.6 Å². The third-order valence-corrected chi connectivity index (χ3v) is 5.98. The number of nitrogens with zero attached hydrogens (tertiary/aromatic N) is 3. The first-order valence-electron chi connectivity index (χ1n) is 10.4. The second-order valence-corrected chi connectivity index (χ2v) is 7.90. The van der Waals surface area contributed by atoms with Crippen LogP contribution in [0.4, 0.5) is 0 Å². The summed E-state index contributed by atoms with van der Waals surface area (Å²) in [6.07, 6.45) is 5.63. The smallest absolute Gasteiger partial charge is 0.261 e. The Morgan fingerprint density at radius 2 is 2.00 bits per heavy atom. The minimum atomic E-state index is -0.722. The largest absolute Gasteiger partial charge is 0.389 e. The summed E-state index contributed by atoms with van der Waals surface area (Å²) in [7, 11) is 0. The van der Waals surface area contributed by atoms with Gasteiger partial charge in [0.05, 0.1) is 41.7 Å². The fourth-order valence-corrected chi connectivity index (χ4v) is 4.35. The number of rotatable bonds is 4. The fourth-order valence-electron chi connectivity index (χ4n) is 4.35. The molecule has 3 heterocycles. The van der Waals surface area contributed by atoms with Crippen LogP contribution in [0.25, 0.3) is 27.8 Å². The van der Waals surface area contributed by atoms with Gasteiger partial charge in [0.1, 0.15) is 0 Å². The van der Waals surface area contributed by atoms with Gasteiger partial charge in [-0.15, -0.1) is 0 Å². The highest BCUT2D eigenvalue weighted by Crippen LogP contribution is 2.28. The van der Waals surface area contributed by atoms with Crippen LogP contribution in [0.3, 0.4) is 0 Å². The summed E-state index contributed by atoms with van der Waals surface area (Å²) < 4.78 is 6.89. The predicted octanol–water partition coefficient (Wildman–Crippen LogP) is 3.50. The summed E-state index contributed by atoms with van der Waals surface area (Å²) in [5, 5.41) is 12.9. The van der Waals surface area contributed by atoms with Crippen molar-refractivity contribution in [2.75, 3.05) is 13.2 Å². The molecule has 0 amide bonds. The van der Waals surface area contributed by atoms with E-state index in [1.165, 1.54) is 0 Å². The molecule has 1 saturated heterocycles. The van der Waals surface area contributed by atoms with Crippen molar-refractivity contribution in [2.45, 2.75) is 25.0 Å². The zero-order chi connectivity index (χ0) is 21.4. The van der Waals surface area contributed by atoms with Crippen LogP contribution in [0, 0.1) is 0 Å². The van der Waals surface area contributed by atoms with Crippen LogP contribution in [-0.2, 0) is 11.2 Å². The molecule has 4 aromatic rings. The quantitative estimate of drug-likeness (QED) is 0.518. The summed E-state index contributed by atoms with van der Waals surface area (Å²) in [6, 6.07) is 13.6. The van der Waals surface area contributed by atoms with Gasteiger partial charge in [0.15, 0.2) is 0 Å². The Balaban J connectivity index is 1.67. The maximum absolute atomic E-state index is 13.5. The van der Waals surface area contributed by atoms with Gasteiger partial charge in [0.2, 0.25) is 0 Å². The van der Waals surface area contributed by atoms with Crippen molar-refractivity contribution in [2.24, 2.45) is 0 Å². The molecule has 2 atom stereocenters. The molecule has 0 saturated carbocycles. The van der Waals surface area contributed by atoms with Gasteiger partial charge in [0.25, 0.3) is 5.56 Å². The van der Waals surface area contributed by atoms with Gasteiger partial charge in [-0.2, -0.15) is 0 Å². The lowest BCUT2D eigenvalue weighted by atomic mass is 9.96. The molecule has 0 radical (unpaired) electrons. The van der Waals surface area contributed by atoms with Gasteiger partial charge in [0, 0.05) is 18.2 Å². The van der Waals surface area contributed by atoms with Crippen LogP contribution in [0.2, 0.25) is 0 Å². The van der Waals surface area contributed by atoms with E-state index in [0.29, 0.717) is 30.4 Å². The molecule has 156 valence electrons. The maximum Gasteiger partial charge on any atom is 0.261 e. The van der Waals surface area contributed by atoms with Crippen LogP contribution < -0.4 is 5.56 Å². The van der Waals surface area contributed by atoms with E-state index < -0.39 is 6.10 Å². The topological polar surface area (TPSA) is 77.2 Å². The Morgan fingerprint density at radius 3 is 2.74 bits per heavy atom. The average molecular weight is 413 g/mol. The number of pyridine rings is 1. The molecule has 5 rings (SSSR count). The second-order valence-electron chi connectivity index (χ2n) is 7.90. The zero-order valence-corrected chi connectivity index (χ0v) is 17.1. The van der Waals surface area contributed by atoms with Crippen molar-refractivity contribution in [1.29, 1.82) is 0 Å². The van der Waals surface area contributed by atoms with Gasteiger partial charge < -0.3 is 9.84 Å². The third-order valence-electron chi connectivity index (χ3n) is 5.98. The lowest BCUT2D eigenvalue weighted by molar-refractivity contribution is -0.0395. The zero-order valence-electron chi connectivity index (χ0n) is 17.1. The maximum atomic E-state index is 13.5. The Labute approximate surface area is 179 Å². The Kier molecular flexibility index (Phi) is 5.10. The van der Waals surface area contributed by atoms with Crippen LogP contribution >= 0.6 is 0 Å². The third kappa shape index (κ3) is 3.54. The molecular formula is C25H23N3O3. The minimum Gasteiger partial charge on any atom is -0.389 e. The van der Waals surface area contributed by atoms with E-state index in [4.69, 9.17) is 4.74 Å². The lowest BCUT2D eigenvalue weighted by Crippen LogP contribution is -2.39. The van der Waals surface area contributed by atoms with Crippen LogP contribution in [-0.4, -0.2) is 39.0 Å². The van der Waals surface area contributed by atoms with Crippen LogP contribution in [0.5, 0.6) is 0 Å². The molecule has 0 aliphatic carbocycles. The molecule has 6 nitrogen and oxygen atoms in total. The summed E-state index contributed by atoms with van der Waals surface area (Å²) in [5.41, 5.74) is 3.47. The van der Waals surface area contributed by atoms with E-state index in [1.54, 1.807) is 17.0 Å². The molecule has 0 bridgehead atoms. The Bertz CT molecular complexity index is 1330. The van der Waals surface area contributed by atoms with Crippen molar-refractivity contribution in [3.05, 3.63) is 88.7 Å². The molecule has 1 N–H and O–H groups in total. The normalized spacial score (nSPS) is 19.0. The van der Waals surface area contributed by atoms with Gasteiger partial charge in [-0.05, 0) is 47.6 Å². The molecule has 1 fully saturated rings. The van der Waals surface area contributed by atoms with Crippen molar-refractivity contribution < 1.29 is 9.84 Å². The van der Waals surface area contributed by atoms with Crippen molar-refractivity contribution in [3.63, 3.8) is 0 Å². The van der Waals surface area contributed by atoms with E-state index >= 15 is 0 Å². The molecule has 2 aromatic carbocycles. The SMILES string of the molecule is C=Cc1ccc(Cc2cc3c(=O)n(C4CCOCC4O)cnc3c3ccccc23)cn1. The van der Waals surface area contributed by atoms with E-state index in [2.05, 4.69) is 22.6 Å². The van der Waals surface area contributed by atoms with Crippen molar-refractivity contribution in [3.8, 4) is 0 Å². The number of fused-ring (bicyclic) bond motifs is 3. The molecule has 2 unspecified atom stereocenters. The van der Waals surface area contributed by atoms with E-state index in [-0.39, 0.29) is 18.2 Å². The number of hydrogen-bond acceptors (Lipinski definition) is 5. The monoisotopic (exact) mass is 413 g/mol. The summed E-state index contributed by atoms with van der Waals surface area (Å²) >= 11 is 0. The molecule has 6 heteroatoms. The minimum absolute atomic E-state index is 0.136.